The first-order chi connectivity index (χ1) is 8.20. The van der Waals surface area contributed by atoms with Gasteiger partial charge in [0.05, 0.1) is 5.60 Å². The first-order valence-electron chi connectivity index (χ1n) is 6.85. The zero-order valence-corrected chi connectivity index (χ0v) is 11.0. The van der Waals surface area contributed by atoms with Crippen LogP contribution in [0.2, 0.25) is 0 Å². The Morgan fingerprint density at radius 1 is 1.28 bits per heavy atom. The van der Waals surface area contributed by atoms with E-state index in [1.165, 1.54) is 13.8 Å². The predicted molar refractivity (Wildman–Crippen MR) is 63.6 cm³/mol. The van der Waals surface area contributed by atoms with Crippen molar-refractivity contribution >= 4 is 5.97 Å². The van der Waals surface area contributed by atoms with E-state index in [1.807, 2.05) is 0 Å². The van der Waals surface area contributed by atoms with Gasteiger partial charge >= 0.3 is 5.97 Å². The van der Waals surface area contributed by atoms with Crippen LogP contribution in [0, 0.1) is 11.8 Å². The number of rotatable bonds is 2. The highest BCUT2D eigenvalue weighted by atomic mass is 19.1. The van der Waals surface area contributed by atoms with Crippen LogP contribution in [0.4, 0.5) is 4.39 Å². The van der Waals surface area contributed by atoms with Crippen molar-refractivity contribution in [2.45, 2.75) is 69.2 Å². The molecule has 0 aliphatic heterocycles. The standard InChI is InChI=1S/C14H21FO3/c1-12(2,15)11(16)18-14-6-9-3-10(7-14)5-13(17,4-9)8-14/h9-10,17H,3-8H2,1-2H3. The summed E-state index contributed by atoms with van der Waals surface area (Å²) in [6.45, 7) is 2.45. The van der Waals surface area contributed by atoms with Gasteiger partial charge in [0.25, 0.3) is 0 Å². The summed E-state index contributed by atoms with van der Waals surface area (Å²) in [4.78, 5) is 11.8. The molecule has 0 aromatic carbocycles. The van der Waals surface area contributed by atoms with E-state index in [4.69, 9.17) is 4.74 Å². The fourth-order valence-electron chi connectivity index (χ4n) is 4.57. The fraction of sp³-hybridized carbons (Fsp3) is 0.929. The molecule has 102 valence electrons. The Bertz CT molecular complexity index is 371. The third-order valence-electron chi connectivity index (χ3n) is 4.77. The van der Waals surface area contributed by atoms with E-state index in [0.29, 0.717) is 18.3 Å². The van der Waals surface area contributed by atoms with E-state index in [-0.39, 0.29) is 0 Å². The topological polar surface area (TPSA) is 46.5 Å². The molecule has 4 bridgehead atoms. The molecule has 1 N–H and O–H groups in total. The van der Waals surface area contributed by atoms with Gasteiger partial charge in [-0.25, -0.2) is 9.18 Å². The molecule has 0 amide bonds. The molecular formula is C14H21FO3. The molecule has 18 heavy (non-hydrogen) atoms. The number of carbonyl (C=O) groups is 1. The molecule has 4 rings (SSSR count). The molecule has 2 unspecified atom stereocenters. The van der Waals surface area contributed by atoms with Gasteiger partial charge in [0, 0.05) is 6.42 Å². The quantitative estimate of drug-likeness (QED) is 0.771. The van der Waals surface area contributed by atoms with Crippen molar-refractivity contribution in [3.63, 3.8) is 0 Å². The number of ether oxygens (including phenoxy) is 1. The number of hydrogen-bond donors (Lipinski definition) is 1. The van der Waals surface area contributed by atoms with Crippen LogP contribution in [0.15, 0.2) is 0 Å². The van der Waals surface area contributed by atoms with Crippen LogP contribution in [0.25, 0.3) is 0 Å². The Morgan fingerprint density at radius 2 is 1.83 bits per heavy atom. The van der Waals surface area contributed by atoms with Crippen LogP contribution in [0.3, 0.4) is 0 Å². The molecule has 0 aromatic heterocycles. The highest BCUT2D eigenvalue weighted by molar-refractivity contribution is 5.78. The Balaban J connectivity index is 1.81. The van der Waals surface area contributed by atoms with Gasteiger partial charge in [-0.15, -0.1) is 0 Å². The van der Waals surface area contributed by atoms with Gasteiger partial charge in [-0.05, 0) is 57.8 Å². The molecule has 0 aromatic rings. The van der Waals surface area contributed by atoms with Crippen LogP contribution in [-0.4, -0.2) is 27.9 Å². The van der Waals surface area contributed by atoms with E-state index >= 15 is 0 Å². The Kier molecular flexibility index (Phi) is 2.39. The van der Waals surface area contributed by atoms with Crippen LogP contribution in [0.5, 0.6) is 0 Å². The van der Waals surface area contributed by atoms with Gasteiger partial charge in [-0.2, -0.15) is 0 Å². The molecule has 2 atom stereocenters. The maximum atomic E-state index is 13.6. The minimum Gasteiger partial charge on any atom is -0.457 e. The van der Waals surface area contributed by atoms with Gasteiger partial charge in [0.15, 0.2) is 0 Å². The van der Waals surface area contributed by atoms with Crippen molar-refractivity contribution in [1.29, 1.82) is 0 Å². The van der Waals surface area contributed by atoms with E-state index in [0.717, 1.165) is 32.1 Å². The molecule has 0 heterocycles. The first-order valence-corrected chi connectivity index (χ1v) is 6.85. The van der Waals surface area contributed by atoms with Gasteiger partial charge in [0.1, 0.15) is 5.60 Å². The summed E-state index contributed by atoms with van der Waals surface area (Å²) in [6.07, 6.45) is 4.86. The lowest BCUT2D eigenvalue weighted by Gasteiger charge is -2.59. The summed E-state index contributed by atoms with van der Waals surface area (Å²) in [7, 11) is 0. The van der Waals surface area contributed by atoms with Gasteiger partial charge in [-0.1, -0.05) is 0 Å². The van der Waals surface area contributed by atoms with Crippen LogP contribution in [-0.2, 0) is 9.53 Å². The Morgan fingerprint density at radius 3 is 2.28 bits per heavy atom. The summed E-state index contributed by atoms with van der Waals surface area (Å²) in [5.41, 5.74) is -3.23. The number of esters is 1. The normalized spacial score (nSPS) is 46.2. The SMILES string of the molecule is CC(C)(F)C(=O)OC12CC3CC(CC(O)(C3)C1)C2. The summed E-state index contributed by atoms with van der Waals surface area (Å²) in [5, 5.41) is 10.5. The summed E-state index contributed by atoms with van der Waals surface area (Å²) in [6, 6.07) is 0. The summed E-state index contributed by atoms with van der Waals surface area (Å²) >= 11 is 0. The van der Waals surface area contributed by atoms with Gasteiger partial charge in [-0.3, -0.25) is 0 Å². The monoisotopic (exact) mass is 256 g/mol. The zero-order chi connectivity index (χ0) is 13.2. The summed E-state index contributed by atoms with van der Waals surface area (Å²) in [5.74, 6) is 0.0894. The largest absolute Gasteiger partial charge is 0.457 e. The first kappa shape index (κ1) is 12.4. The molecule has 3 nitrogen and oxygen atoms in total. The summed E-state index contributed by atoms with van der Waals surface area (Å²) < 4.78 is 19.1. The lowest BCUT2D eigenvalue weighted by molar-refractivity contribution is -0.225. The molecule has 4 aliphatic rings. The number of carbonyl (C=O) groups excluding carboxylic acids is 1. The number of halogens is 1. The minimum absolute atomic E-state index is 0.437. The maximum absolute atomic E-state index is 13.6. The molecule has 0 radical (unpaired) electrons. The maximum Gasteiger partial charge on any atom is 0.343 e. The van der Waals surface area contributed by atoms with Crippen molar-refractivity contribution in [2.24, 2.45) is 11.8 Å². The van der Waals surface area contributed by atoms with Crippen LogP contribution >= 0.6 is 0 Å². The third kappa shape index (κ3) is 1.94. The fourth-order valence-corrected chi connectivity index (χ4v) is 4.57. The average molecular weight is 256 g/mol. The second kappa shape index (κ2) is 3.47. The molecular weight excluding hydrogens is 235 g/mol. The smallest absolute Gasteiger partial charge is 0.343 e. The third-order valence-corrected chi connectivity index (χ3v) is 4.77. The average Bonchev–Trinajstić information content (AvgIpc) is 2.10. The number of alkyl halides is 1. The highest BCUT2D eigenvalue weighted by Gasteiger charge is 2.59. The van der Waals surface area contributed by atoms with Crippen molar-refractivity contribution in [3.8, 4) is 0 Å². The highest BCUT2D eigenvalue weighted by Crippen LogP contribution is 2.59. The predicted octanol–water partition coefficient (Wildman–Crippen LogP) is 2.36. The second-order valence-electron chi connectivity index (χ2n) is 7.23. The van der Waals surface area contributed by atoms with Crippen molar-refractivity contribution in [1.82, 2.24) is 0 Å². The van der Waals surface area contributed by atoms with Gasteiger partial charge < -0.3 is 9.84 Å². The van der Waals surface area contributed by atoms with Crippen molar-refractivity contribution in [3.05, 3.63) is 0 Å². The van der Waals surface area contributed by atoms with E-state index in [9.17, 15) is 14.3 Å². The molecule has 0 spiro atoms. The van der Waals surface area contributed by atoms with E-state index in [2.05, 4.69) is 0 Å². The van der Waals surface area contributed by atoms with Crippen LogP contribution in [0.1, 0.15) is 52.4 Å². The molecule has 4 saturated carbocycles. The molecule has 0 saturated heterocycles. The van der Waals surface area contributed by atoms with E-state index in [1.54, 1.807) is 0 Å². The van der Waals surface area contributed by atoms with Crippen LogP contribution < -0.4 is 0 Å². The molecule has 4 heteroatoms. The Hall–Kier alpha value is -0.640. The van der Waals surface area contributed by atoms with Crippen molar-refractivity contribution in [2.75, 3.05) is 0 Å². The second-order valence-corrected chi connectivity index (χ2v) is 7.23. The number of aliphatic hydroxyl groups is 1. The van der Waals surface area contributed by atoms with Gasteiger partial charge in [0.2, 0.25) is 5.67 Å². The molecule has 4 fully saturated rings. The van der Waals surface area contributed by atoms with E-state index < -0.39 is 22.8 Å². The lowest BCUT2D eigenvalue weighted by Crippen LogP contribution is -2.61. The minimum atomic E-state index is -1.95. The number of hydrogen-bond acceptors (Lipinski definition) is 3. The zero-order valence-electron chi connectivity index (χ0n) is 11.0. The lowest BCUT2D eigenvalue weighted by atomic mass is 9.52. The van der Waals surface area contributed by atoms with Crippen molar-refractivity contribution < 1.29 is 19.0 Å². The Labute approximate surface area is 107 Å². The molecule has 4 aliphatic carbocycles.